The van der Waals surface area contributed by atoms with Crippen LogP contribution in [0.3, 0.4) is 0 Å². The number of aliphatic hydroxyl groups excluding tert-OH is 1. The molecule has 17 heteroatoms. The summed E-state index contributed by atoms with van der Waals surface area (Å²) >= 11 is 0. The van der Waals surface area contributed by atoms with Gasteiger partial charge in [-0.15, -0.1) is 0 Å². The van der Waals surface area contributed by atoms with Crippen molar-refractivity contribution in [2.24, 2.45) is 0 Å². The molecule has 158 valence electrons. The molecule has 0 spiro atoms. The molecule has 0 aromatic carbocycles. The fraction of sp³-hybridized carbons (Fsp3) is 1.00. The van der Waals surface area contributed by atoms with Crippen LogP contribution in [-0.2, 0) is 0 Å². The molecule has 0 fully saturated rings. The molecule has 0 aromatic heterocycles. The monoisotopic (exact) mass is 432 g/mol. The second-order valence-electron chi connectivity index (χ2n) is 4.62. The van der Waals surface area contributed by atoms with Crippen LogP contribution >= 0.6 is 0 Å². The molecule has 26 heavy (non-hydrogen) atoms. The summed E-state index contributed by atoms with van der Waals surface area (Å²) in [6.07, 6.45) is -16.2. The predicted octanol–water partition coefficient (Wildman–Crippen LogP) is 4.69. The van der Waals surface area contributed by atoms with Crippen LogP contribution in [0.15, 0.2) is 0 Å². The second-order valence-corrected chi connectivity index (χ2v) is 4.62. The number of aliphatic hydroxyl groups is 1. The van der Waals surface area contributed by atoms with Gasteiger partial charge in [0.15, 0.2) is 0 Å². The molecule has 0 bridgehead atoms. The van der Waals surface area contributed by atoms with E-state index in [-0.39, 0.29) is 0 Å². The van der Waals surface area contributed by atoms with Crippen molar-refractivity contribution in [2.45, 2.75) is 54.5 Å². The molecule has 0 amide bonds. The summed E-state index contributed by atoms with van der Waals surface area (Å²) < 4.78 is 201. The Hall–Kier alpha value is -1.16. The third kappa shape index (κ3) is 3.04. The maximum absolute atomic E-state index is 13.0. The van der Waals surface area contributed by atoms with Gasteiger partial charge in [-0.2, -0.15) is 52.7 Å². The second kappa shape index (κ2) is 6.47. The van der Waals surface area contributed by atoms with E-state index >= 15 is 0 Å². The quantitative estimate of drug-likeness (QED) is 0.553. The lowest BCUT2D eigenvalue weighted by atomic mass is 9.90. The zero-order valence-electron chi connectivity index (χ0n) is 11.2. The lowest BCUT2D eigenvalue weighted by Gasteiger charge is -2.41. The highest BCUT2D eigenvalue weighted by molar-refractivity contribution is 5.13. The van der Waals surface area contributed by atoms with Crippen molar-refractivity contribution in [1.29, 1.82) is 0 Å². The minimum absolute atomic E-state index is 5.21. The first-order valence-electron chi connectivity index (χ1n) is 5.56. The van der Waals surface area contributed by atoms with E-state index in [9.17, 15) is 70.2 Å². The van der Waals surface area contributed by atoms with E-state index in [1.165, 1.54) is 0 Å². The van der Waals surface area contributed by atoms with Crippen LogP contribution in [0.5, 0.6) is 0 Å². The van der Waals surface area contributed by atoms with E-state index in [1.54, 1.807) is 0 Å². The summed E-state index contributed by atoms with van der Waals surface area (Å²) in [6.45, 7) is 0. The van der Waals surface area contributed by atoms with Gasteiger partial charge in [0, 0.05) is 0 Å². The van der Waals surface area contributed by atoms with Gasteiger partial charge in [-0.05, 0) is 0 Å². The number of hydrogen-bond donors (Lipinski definition) is 1. The van der Waals surface area contributed by atoms with Crippen molar-refractivity contribution in [3.8, 4) is 0 Å². The zero-order valence-corrected chi connectivity index (χ0v) is 11.2. The summed E-state index contributed by atoms with van der Waals surface area (Å²) in [7, 11) is 0. The van der Waals surface area contributed by atoms with Crippen LogP contribution in [0.4, 0.5) is 70.2 Å². The molecular formula is C9H4F16O. The van der Waals surface area contributed by atoms with Crippen LogP contribution in [0, 0.1) is 0 Å². The first-order chi connectivity index (χ1) is 11.0. The lowest BCUT2D eigenvalue weighted by molar-refractivity contribution is -0.440. The third-order valence-electron chi connectivity index (χ3n) is 2.89. The van der Waals surface area contributed by atoms with Gasteiger partial charge in [0.25, 0.3) is 12.8 Å². The van der Waals surface area contributed by atoms with E-state index in [4.69, 9.17) is 5.11 Å². The average Bonchev–Trinajstić information content (AvgIpc) is 2.44. The third-order valence-corrected chi connectivity index (χ3v) is 2.89. The fourth-order valence-electron chi connectivity index (χ4n) is 1.29. The van der Waals surface area contributed by atoms with Gasteiger partial charge in [0.05, 0.1) is 0 Å². The van der Waals surface area contributed by atoms with Crippen molar-refractivity contribution in [2.75, 3.05) is 0 Å². The number of halogens is 16. The largest absolute Gasteiger partial charge is 0.384 e. The summed E-state index contributed by atoms with van der Waals surface area (Å²) in [5.41, 5.74) is 0. The minimum atomic E-state index is -8.33. The van der Waals surface area contributed by atoms with Crippen LogP contribution in [-0.4, -0.2) is 59.6 Å². The topological polar surface area (TPSA) is 20.2 Å². The molecule has 1 nitrogen and oxygen atoms in total. The smallest absolute Gasteiger partial charge is 0.359 e. The molecule has 0 heterocycles. The fourth-order valence-corrected chi connectivity index (χ4v) is 1.29. The Bertz CT molecular complexity index is 496. The molecular weight excluding hydrogens is 428 g/mol. The highest BCUT2D eigenvalue weighted by Gasteiger charge is 2.92. The van der Waals surface area contributed by atoms with Gasteiger partial charge in [-0.1, -0.05) is 0 Å². The Morgan fingerprint density at radius 2 is 0.731 bits per heavy atom. The van der Waals surface area contributed by atoms with Gasteiger partial charge in [0.2, 0.25) is 6.17 Å². The Kier molecular flexibility index (Phi) is 6.18. The zero-order chi connectivity index (χ0) is 21.7. The molecule has 0 aromatic rings. The van der Waals surface area contributed by atoms with Gasteiger partial charge in [0.1, 0.15) is 0 Å². The Morgan fingerprint density at radius 3 is 0.962 bits per heavy atom. The summed E-state index contributed by atoms with van der Waals surface area (Å²) in [4.78, 5) is 0. The first kappa shape index (κ1) is 24.8. The van der Waals surface area contributed by atoms with Gasteiger partial charge in [-0.25, -0.2) is 17.6 Å². The molecule has 0 aliphatic carbocycles. The normalized spacial score (nSPS) is 18.2. The van der Waals surface area contributed by atoms with E-state index in [1.807, 2.05) is 0 Å². The van der Waals surface area contributed by atoms with Crippen molar-refractivity contribution >= 4 is 0 Å². The molecule has 0 aliphatic heterocycles. The number of hydrogen-bond acceptors (Lipinski definition) is 1. The van der Waals surface area contributed by atoms with Crippen molar-refractivity contribution in [1.82, 2.24) is 0 Å². The van der Waals surface area contributed by atoms with Gasteiger partial charge in [-0.3, -0.25) is 0 Å². The van der Waals surface area contributed by atoms with E-state index in [0.29, 0.717) is 0 Å². The van der Waals surface area contributed by atoms with Crippen LogP contribution in [0.2, 0.25) is 0 Å². The van der Waals surface area contributed by atoms with Crippen LogP contribution in [0.1, 0.15) is 0 Å². The van der Waals surface area contributed by atoms with Crippen molar-refractivity contribution in [3.63, 3.8) is 0 Å². The Labute approximate surface area is 131 Å². The van der Waals surface area contributed by atoms with Crippen LogP contribution < -0.4 is 0 Å². The van der Waals surface area contributed by atoms with E-state index in [0.717, 1.165) is 0 Å². The Balaban J connectivity index is 6.45. The first-order valence-corrected chi connectivity index (χ1v) is 5.56. The molecule has 2 unspecified atom stereocenters. The lowest BCUT2D eigenvalue weighted by Crippen LogP contribution is -2.73. The molecule has 0 radical (unpaired) electrons. The van der Waals surface area contributed by atoms with E-state index < -0.39 is 54.5 Å². The number of rotatable bonds is 8. The van der Waals surface area contributed by atoms with Gasteiger partial charge < -0.3 is 5.11 Å². The predicted molar refractivity (Wildman–Crippen MR) is 47.7 cm³/mol. The number of alkyl halides is 16. The molecule has 0 aliphatic rings. The summed E-state index contributed by atoms with van der Waals surface area (Å²) in [5.74, 6) is -47.4. The van der Waals surface area contributed by atoms with Gasteiger partial charge >= 0.3 is 35.5 Å². The summed E-state index contributed by atoms with van der Waals surface area (Å²) in [6, 6.07) is 0. The molecule has 0 saturated heterocycles. The highest BCUT2D eigenvalue weighted by Crippen LogP contribution is 2.61. The SMILES string of the molecule is OC(F)C(F)(F)C(F)(F)C(F)(F)C(F)(F)C(F)(F)C(F)(F)C(F)C(F)F. The van der Waals surface area contributed by atoms with Crippen molar-refractivity contribution < 1.29 is 75.4 Å². The van der Waals surface area contributed by atoms with E-state index in [2.05, 4.69) is 0 Å². The Morgan fingerprint density at radius 1 is 0.462 bits per heavy atom. The maximum atomic E-state index is 13.0. The highest BCUT2D eigenvalue weighted by atomic mass is 19.4. The van der Waals surface area contributed by atoms with Crippen LogP contribution in [0.25, 0.3) is 0 Å². The molecule has 2 atom stereocenters. The summed E-state index contributed by atoms with van der Waals surface area (Å²) in [5, 5.41) is 7.60. The minimum Gasteiger partial charge on any atom is -0.359 e. The molecule has 0 rings (SSSR count). The molecule has 0 saturated carbocycles. The average molecular weight is 432 g/mol. The molecule has 1 N–H and O–H groups in total. The van der Waals surface area contributed by atoms with Crippen molar-refractivity contribution in [3.05, 3.63) is 0 Å². The maximum Gasteiger partial charge on any atom is 0.384 e. The standard InChI is InChI=1S/C9H4F16O/c10-1(2(11)12)4(14,15)6(18,19)8(22,23)9(24,25)7(20,21)5(16,17)3(13)26/h1-3,26H.